The zero-order valence-electron chi connectivity index (χ0n) is 21.7. The summed E-state index contributed by atoms with van der Waals surface area (Å²) in [5.41, 5.74) is 5.64. The average molecular weight is 601 g/mol. The Bertz CT molecular complexity index is 1560. The van der Waals surface area contributed by atoms with Gasteiger partial charge in [-0.15, -0.1) is 0 Å². The van der Waals surface area contributed by atoms with Gasteiger partial charge in [-0.1, -0.05) is 102 Å². The number of nitrogens with one attached hydrogen (secondary N) is 1. The molecule has 1 fully saturated rings. The van der Waals surface area contributed by atoms with Crippen molar-refractivity contribution in [1.29, 1.82) is 0 Å². The fraction of sp³-hybridized carbons (Fsp3) is 0.281. The van der Waals surface area contributed by atoms with Gasteiger partial charge in [-0.3, -0.25) is 14.2 Å². The van der Waals surface area contributed by atoms with Gasteiger partial charge in [0.1, 0.15) is 0 Å². The summed E-state index contributed by atoms with van der Waals surface area (Å²) < 4.78 is 2.75. The summed E-state index contributed by atoms with van der Waals surface area (Å²) in [5.74, 6) is 0.0211. The molecule has 1 N–H and O–H groups in total. The molecular formula is C32H30BrN3O2S. The summed E-state index contributed by atoms with van der Waals surface area (Å²) in [6, 6.07) is 25.9. The molecule has 6 rings (SSSR count). The second-order valence-electron chi connectivity index (χ2n) is 10.5. The van der Waals surface area contributed by atoms with Gasteiger partial charge in [-0.05, 0) is 54.7 Å². The molecule has 0 unspecified atom stereocenters. The molecule has 1 aromatic heterocycles. The first kappa shape index (κ1) is 26.1. The molecule has 0 radical (unpaired) electrons. The van der Waals surface area contributed by atoms with E-state index in [1.54, 1.807) is 4.57 Å². The number of amides is 1. The van der Waals surface area contributed by atoms with E-state index < -0.39 is 0 Å². The van der Waals surface area contributed by atoms with Crippen molar-refractivity contribution in [3.63, 3.8) is 0 Å². The SMILES string of the molecule is O=C(CSc1nc2c(c(=O)n1Cc1ccccc1)C1(CCCCC1)Cc1ccccc1-2)Nc1ccc(Br)cc1. The summed E-state index contributed by atoms with van der Waals surface area (Å²) in [4.78, 5) is 32.6. The minimum atomic E-state index is -0.174. The minimum Gasteiger partial charge on any atom is -0.325 e. The molecule has 0 atom stereocenters. The highest BCUT2D eigenvalue weighted by atomic mass is 79.9. The predicted molar refractivity (Wildman–Crippen MR) is 161 cm³/mol. The molecule has 3 aromatic carbocycles. The Morgan fingerprint density at radius 1 is 0.949 bits per heavy atom. The molecule has 1 amide bonds. The van der Waals surface area contributed by atoms with Crippen LogP contribution in [-0.2, 0) is 23.2 Å². The predicted octanol–water partition coefficient (Wildman–Crippen LogP) is 7.21. The molecule has 0 saturated heterocycles. The van der Waals surface area contributed by atoms with Gasteiger partial charge in [0.25, 0.3) is 5.56 Å². The van der Waals surface area contributed by atoms with Crippen LogP contribution in [0.5, 0.6) is 0 Å². The van der Waals surface area contributed by atoms with E-state index in [1.807, 2.05) is 60.7 Å². The summed E-state index contributed by atoms with van der Waals surface area (Å²) in [6.45, 7) is 0.425. The smallest absolute Gasteiger partial charge is 0.258 e. The number of benzene rings is 3. The van der Waals surface area contributed by atoms with Crippen molar-refractivity contribution in [1.82, 2.24) is 9.55 Å². The topological polar surface area (TPSA) is 64.0 Å². The van der Waals surface area contributed by atoms with Crippen LogP contribution in [0.25, 0.3) is 11.3 Å². The monoisotopic (exact) mass is 599 g/mol. The van der Waals surface area contributed by atoms with Gasteiger partial charge in [-0.2, -0.15) is 0 Å². The Morgan fingerprint density at radius 3 is 2.44 bits per heavy atom. The number of hydrogen-bond acceptors (Lipinski definition) is 4. The fourth-order valence-electron chi connectivity index (χ4n) is 6.10. The number of carbonyl (C=O) groups is 1. The van der Waals surface area contributed by atoms with E-state index >= 15 is 0 Å². The van der Waals surface area contributed by atoms with Gasteiger partial charge in [-0.25, -0.2) is 4.98 Å². The van der Waals surface area contributed by atoms with Gasteiger partial charge in [0, 0.05) is 21.1 Å². The maximum Gasteiger partial charge on any atom is 0.258 e. The Hall–Kier alpha value is -3.16. The van der Waals surface area contributed by atoms with Crippen LogP contribution in [0.4, 0.5) is 5.69 Å². The lowest BCUT2D eigenvalue weighted by molar-refractivity contribution is -0.113. The number of anilines is 1. The highest BCUT2D eigenvalue weighted by molar-refractivity contribution is 9.10. The van der Waals surface area contributed by atoms with Crippen molar-refractivity contribution < 1.29 is 4.79 Å². The second kappa shape index (κ2) is 11.1. The molecule has 0 bridgehead atoms. The molecule has 4 aromatic rings. The third kappa shape index (κ3) is 5.35. The largest absolute Gasteiger partial charge is 0.325 e. The van der Waals surface area contributed by atoms with Gasteiger partial charge in [0.15, 0.2) is 5.16 Å². The second-order valence-corrected chi connectivity index (χ2v) is 12.4. The number of halogens is 1. The Kier molecular flexibility index (Phi) is 7.45. The quantitative estimate of drug-likeness (QED) is 0.188. The standard InChI is InChI=1S/C32H30BrN3O2S/c33-24-13-15-25(16-14-24)34-27(37)21-39-31-35-29-26-12-6-5-11-23(26)19-32(17-7-2-8-18-32)28(29)30(38)36(31)20-22-9-3-1-4-10-22/h1,3-6,9-16H,2,7-8,17-21H2,(H,34,37). The first-order valence-corrected chi connectivity index (χ1v) is 15.3. The maximum absolute atomic E-state index is 14.5. The van der Waals surface area contributed by atoms with E-state index in [9.17, 15) is 9.59 Å². The average Bonchev–Trinajstić information content (AvgIpc) is 2.95. The van der Waals surface area contributed by atoms with E-state index in [0.717, 1.165) is 64.6 Å². The lowest BCUT2D eigenvalue weighted by Crippen LogP contribution is -2.43. The number of thioether (sulfide) groups is 1. The molecule has 1 saturated carbocycles. The van der Waals surface area contributed by atoms with Crippen LogP contribution >= 0.6 is 27.7 Å². The Labute approximate surface area is 241 Å². The van der Waals surface area contributed by atoms with Crippen LogP contribution in [-0.4, -0.2) is 21.2 Å². The van der Waals surface area contributed by atoms with Gasteiger partial charge in [0.05, 0.1) is 23.6 Å². The van der Waals surface area contributed by atoms with Crippen molar-refractivity contribution in [2.45, 2.75) is 55.6 Å². The van der Waals surface area contributed by atoms with Crippen LogP contribution in [0.3, 0.4) is 0 Å². The molecule has 0 aliphatic heterocycles. The number of carbonyl (C=O) groups excluding carboxylic acids is 1. The van der Waals surface area contributed by atoms with Gasteiger partial charge < -0.3 is 5.32 Å². The van der Waals surface area contributed by atoms with Crippen LogP contribution in [0.15, 0.2) is 93.3 Å². The number of fused-ring (bicyclic) bond motifs is 4. The Morgan fingerprint density at radius 2 is 1.67 bits per heavy atom. The summed E-state index contributed by atoms with van der Waals surface area (Å²) in [7, 11) is 0. The molecular weight excluding hydrogens is 570 g/mol. The molecule has 5 nitrogen and oxygen atoms in total. The van der Waals surface area contributed by atoms with Gasteiger partial charge >= 0.3 is 0 Å². The van der Waals surface area contributed by atoms with Crippen LogP contribution in [0, 0.1) is 0 Å². The van der Waals surface area contributed by atoms with Crippen molar-refractivity contribution >= 4 is 39.3 Å². The van der Waals surface area contributed by atoms with E-state index in [1.165, 1.54) is 23.7 Å². The maximum atomic E-state index is 14.5. The van der Waals surface area contributed by atoms with Gasteiger partial charge in [0.2, 0.25) is 5.91 Å². The number of rotatable bonds is 6. The van der Waals surface area contributed by atoms with Crippen molar-refractivity contribution in [2.75, 3.05) is 11.1 Å². The number of aromatic nitrogens is 2. The highest BCUT2D eigenvalue weighted by Gasteiger charge is 2.43. The zero-order valence-corrected chi connectivity index (χ0v) is 24.1. The Balaban J connectivity index is 1.42. The third-order valence-corrected chi connectivity index (χ3v) is 9.43. The normalized spacial score (nSPS) is 15.4. The van der Waals surface area contributed by atoms with Crippen molar-refractivity contribution in [3.05, 3.63) is 110 Å². The molecule has 198 valence electrons. The van der Waals surface area contributed by atoms with E-state index in [0.29, 0.717) is 11.7 Å². The lowest BCUT2D eigenvalue weighted by Gasteiger charge is -2.42. The lowest BCUT2D eigenvalue weighted by atomic mass is 9.62. The highest BCUT2D eigenvalue weighted by Crippen LogP contribution is 2.48. The minimum absolute atomic E-state index is 0.0380. The molecule has 39 heavy (non-hydrogen) atoms. The zero-order chi connectivity index (χ0) is 26.8. The fourth-order valence-corrected chi connectivity index (χ4v) is 7.15. The molecule has 2 aliphatic rings. The first-order chi connectivity index (χ1) is 19.0. The molecule has 1 spiro atoms. The summed E-state index contributed by atoms with van der Waals surface area (Å²) in [5, 5.41) is 3.53. The molecule has 2 aliphatic carbocycles. The van der Waals surface area contributed by atoms with E-state index in [2.05, 4.69) is 39.4 Å². The van der Waals surface area contributed by atoms with Crippen LogP contribution in [0.2, 0.25) is 0 Å². The van der Waals surface area contributed by atoms with Crippen LogP contribution < -0.4 is 10.9 Å². The van der Waals surface area contributed by atoms with E-state index in [4.69, 9.17) is 4.98 Å². The summed E-state index contributed by atoms with van der Waals surface area (Å²) >= 11 is 4.75. The van der Waals surface area contributed by atoms with Crippen molar-refractivity contribution in [3.8, 4) is 11.3 Å². The molecule has 7 heteroatoms. The number of nitrogens with zero attached hydrogens (tertiary/aromatic N) is 2. The first-order valence-electron chi connectivity index (χ1n) is 13.5. The molecule has 1 heterocycles. The van der Waals surface area contributed by atoms with Crippen LogP contribution in [0.1, 0.15) is 48.8 Å². The van der Waals surface area contributed by atoms with E-state index in [-0.39, 0.29) is 22.6 Å². The van der Waals surface area contributed by atoms with Crippen molar-refractivity contribution in [2.24, 2.45) is 0 Å². The third-order valence-electron chi connectivity index (χ3n) is 7.92. The number of hydrogen-bond donors (Lipinski definition) is 1. The summed E-state index contributed by atoms with van der Waals surface area (Å²) in [6.07, 6.45) is 6.39.